The van der Waals surface area contributed by atoms with Gasteiger partial charge in [-0.15, -0.1) is 0 Å². The van der Waals surface area contributed by atoms with Crippen LogP contribution in [-0.4, -0.2) is 52.5 Å². The summed E-state index contributed by atoms with van der Waals surface area (Å²) in [6, 6.07) is 8.39. The number of carbonyl (C=O) groups excluding carboxylic acids is 1. The largest absolute Gasteiger partial charge is 0.368 e. The third-order valence-corrected chi connectivity index (χ3v) is 5.58. The van der Waals surface area contributed by atoms with Crippen LogP contribution in [-0.2, 0) is 4.79 Å². The SMILES string of the molecule is Cc1nc2ccccc2nc1N1CCC(N2CCCC2C(N)=O)CC1. The van der Waals surface area contributed by atoms with Crippen molar-refractivity contribution >= 4 is 22.8 Å². The molecular formula is C19H25N5O. The highest BCUT2D eigenvalue weighted by Gasteiger charge is 2.36. The number of hydrogen-bond donors (Lipinski definition) is 1. The first kappa shape index (κ1) is 16.3. The number of carbonyl (C=O) groups is 1. The molecule has 2 aliphatic heterocycles. The number of aromatic nitrogens is 2. The maximum atomic E-state index is 11.7. The van der Waals surface area contributed by atoms with Crippen LogP contribution in [0.5, 0.6) is 0 Å². The zero-order valence-corrected chi connectivity index (χ0v) is 14.7. The van der Waals surface area contributed by atoms with Gasteiger partial charge in [-0.3, -0.25) is 9.69 Å². The quantitative estimate of drug-likeness (QED) is 0.924. The molecular weight excluding hydrogens is 314 g/mol. The molecule has 1 atom stereocenters. The highest BCUT2D eigenvalue weighted by molar-refractivity contribution is 5.80. The van der Waals surface area contributed by atoms with Gasteiger partial charge in [-0.25, -0.2) is 9.97 Å². The molecule has 2 saturated heterocycles. The van der Waals surface area contributed by atoms with Gasteiger partial charge >= 0.3 is 0 Å². The average molecular weight is 339 g/mol. The predicted molar refractivity (Wildman–Crippen MR) is 98.4 cm³/mol. The summed E-state index contributed by atoms with van der Waals surface area (Å²) in [5, 5.41) is 0. The van der Waals surface area contributed by atoms with Gasteiger partial charge in [-0.2, -0.15) is 0 Å². The number of rotatable bonds is 3. The number of nitrogens with two attached hydrogens (primary N) is 1. The highest BCUT2D eigenvalue weighted by Crippen LogP contribution is 2.29. The number of hydrogen-bond acceptors (Lipinski definition) is 5. The molecule has 6 nitrogen and oxygen atoms in total. The van der Waals surface area contributed by atoms with Crippen LogP contribution in [0.2, 0.25) is 0 Å². The molecule has 2 aromatic rings. The lowest BCUT2D eigenvalue weighted by atomic mass is 10.0. The minimum Gasteiger partial charge on any atom is -0.368 e. The molecule has 1 aromatic heterocycles. The number of benzene rings is 1. The van der Waals surface area contributed by atoms with Gasteiger partial charge in [0, 0.05) is 19.1 Å². The third-order valence-electron chi connectivity index (χ3n) is 5.58. The number of nitrogens with zero attached hydrogens (tertiary/aromatic N) is 4. The Kier molecular flexibility index (Phi) is 4.29. The maximum Gasteiger partial charge on any atom is 0.234 e. The Morgan fingerprint density at radius 2 is 1.76 bits per heavy atom. The summed E-state index contributed by atoms with van der Waals surface area (Å²) < 4.78 is 0. The predicted octanol–water partition coefficient (Wildman–Crippen LogP) is 1.86. The van der Waals surface area contributed by atoms with Crippen LogP contribution in [0.3, 0.4) is 0 Å². The number of fused-ring (bicyclic) bond motifs is 1. The van der Waals surface area contributed by atoms with Gasteiger partial charge in [0.05, 0.1) is 22.8 Å². The fourth-order valence-electron chi connectivity index (χ4n) is 4.32. The Morgan fingerprint density at radius 3 is 2.44 bits per heavy atom. The Labute approximate surface area is 148 Å². The molecule has 25 heavy (non-hydrogen) atoms. The molecule has 1 unspecified atom stereocenters. The minimum absolute atomic E-state index is 0.0706. The standard InChI is InChI=1S/C19H25N5O/c1-13-19(22-16-6-3-2-5-15(16)21-13)23-11-8-14(9-12-23)24-10-4-7-17(24)18(20)25/h2-3,5-6,14,17H,4,7-12H2,1H3,(H2,20,25). The molecule has 2 fully saturated rings. The van der Waals surface area contributed by atoms with Crippen LogP contribution in [0.1, 0.15) is 31.4 Å². The lowest BCUT2D eigenvalue weighted by Gasteiger charge is -2.39. The van der Waals surface area contributed by atoms with Crippen molar-refractivity contribution in [2.75, 3.05) is 24.5 Å². The third kappa shape index (κ3) is 3.06. The van der Waals surface area contributed by atoms with E-state index in [1.165, 1.54) is 0 Å². The Bertz CT molecular complexity index is 784. The zero-order chi connectivity index (χ0) is 17.4. The number of piperidine rings is 1. The maximum absolute atomic E-state index is 11.7. The number of likely N-dealkylation sites (tertiary alicyclic amines) is 1. The second kappa shape index (κ2) is 6.59. The summed E-state index contributed by atoms with van der Waals surface area (Å²) in [5.74, 6) is 0.821. The normalized spacial score (nSPS) is 22.6. The first-order valence-electron chi connectivity index (χ1n) is 9.17. The summed E-state index contributed by atoms with van der Waals surface area (Å²) in [4.78, 5) is 25.9. The zero-order valence-electron chi connectivity index (χ0n) is 14.7. The number of para-hydroxylation sites is 2. The Balaban J connectivity index is 1.49. The molecule has 0 aliphatic carbocycles. The van der Waals surface area contributed by atoms with E-state index in [0.29, 0.717) is 6.04 Å². The van der Waals surface area contributed by atoms with Crippen LogP contribution in [0.25, 0.3) is 11.0 Å². The number of aryl methyl sites for hydroxylation is 1. The van der Waals surface area contributed by atoms with Crippen LogP contribution in [0, 0.1) is 6.92 Å². The smallest absolute Gasteiger partial charge is 0.234 e. The molecule has 3 heterocycles. The van der Waals surface area contributed by atoms with Gasteiger partial charge < -0.3 is 10.6 Å². The van der Waals surface area contributed by atoms with Crippen molar-refractivity contribution in [3.05, 3.63) is 30.0 Å². The second-order valence-electron chi connectivity index (χ2n) is 7.14. The molecule has 2 N–H and O–H groups in total. The molecule has 2 aliphatic rings. The molecule has 0 radical (unpaired) electrons. The van der Waals surface area contributed by atoms with Crippen molar-refractivity contribution in [2.45, 2.75) is 44.7 Å². The minimum atomic E-state index is -0.170. The van der Waals surface area contributed by atoms with Crippen molar-refractivity contribution in [3.8, 4) is 0 Å². The van der Waals surface area contributed by atoms with Crippen molar-refractivity contribution in [1.82, 2.24) is 14.9 Å². The van der Waals surface area contributed by atoms with Crippen molar-refractivity contribution in [2.24, 2.45) is 5.73 Å². The van der Waals surface area contributed by atoms with Gasteiger partial charge in [-0.05, 0) is 51.3 Å². The second-order valence-corrected chi connectivity index (χ2v) is 7.14. The van der Waals surface area contributed by atoms with Crippen LogP contribution in [0.15, 0.2) is 24.3 Å². The fourth-order valence-corrected chi connectivity index (χ4v) is 4.32. The summed E-state index contributed by atoms with van der Waals surface area (Å²) in [7, 11) is 0. The van der Waals surface area contributed by atoms with E-state index in [-0.39, 0.29) is 11.9 Å². The van der Waals surface area contributed by atoms with Crippen LogP contribution < -0.4 is 10.6 Å². The van der Waals surface area contributed by atoms with E-state index in [9.17, 15) is 4.79 Å². The van der Waals surface area contributed by atoms with E-state index in [1.807, 2.05) is 31.2 Å². The topological polar surface area (TPSA) is 75.3 Å². The fraction of sp³-hybridized carbons (Fsp3) is 0.526. The first-order valence-corrected chi connectivity index (χ1v) is 9.17. The van der Waals surface area contributed by atoms with Gasteiger partial charge in [0.15, 0.2) is 5.82 Å². The van der Waals surface area contributed by atoms with Crippen LogP contribution >= 0.6 is 0 Å². The highest BCUT2D eigenvalue weighted by atomic mass is 16.1. The number of amides is 1. The first-order chi connectivity index (χ1) is 12.1. The summed E-state index contributed by atoms with van der Waals surface area (Å²) in [6.07, 6.45) is 4.06. The van der Waals surface area contributed by atoms with E-state index in [1.54, 1.807) is 0 Å². The molecule has 4 rings (SSSR count). The van der Waals surface area contributed by atoms with E-state index >= 15 is 0 Å². The molecule has 1 amide bonds. The average Bonchev–Trinajstić information content (AvgIpc) is 3.11. The summed E-state index contributed by atoms with van der Waals surface area (Å²) >= 11 is 0. The van der Waals surface area contributed by atoms with Crippen molar-refractivity contribution in [3.63, 3.8) is 0 Å². The van der Waals surface area contributed by atoms with Crippen molar-refractivity contribution in [1.29, 1.82) is 0 Å². The summed E-state index contributed by atoms with van der Waals surface area (Å²) in [6.45, 7) is 4.92. The van der Waals surface area contributed by atoms with E-state index in [4.69, 9.17) is 15.7 Å². The van der Waals surface area contributed by atoms with Crippen molar-refractivity contribution < 1.29 is 4.79 Å². The van der Waals surface area contributed by atoms with Gasteiger partial charge in [0.2, 0.25) is 5.91 Å². The molecule has 0 saturated carbocycles. The van der Waals surface area contributed by atoms with Gasteiger partial charge in [-0.1, -0.05) is 12.1 Å². The Morgan fingerprint density at radius 1 is 1.08 bits per heavy atom. The summed E-state index contributed by atoms with van der Waals surface area (Å²) in [5.41, 5.74) is 8.44. The molecule has 0 spiro atoms. The molecule has 132 valence electrons. The lowest BCUT2D eigenvalue weighted by molar-refractivity contribution is -0.123. The van der Waals surface area contributed by atoms with Crippen LogP contribution in [0.4, 0.5) is 5.82 Å². The lowest BCUT2D eigenvalue weighted by Crippen LogP contribution is -2.50. The molecule has 0 bridgehead atoms. The van der Waals surface area contributed by atoms with E-state index in [0.717, 1.165) is 67.9 Å². The molecule has 1 aromatic carbocycles. The molecule has 6 heteroatoms. The number of anilines is 1. The van der Waals surface area contributed by atoms with Gasteiger partial charge in [0.25, 0.3) is 0 Å². The Hall–Kier alpha value is -2.21. The van der Waals surface area contributed by atoms with E-state index in [2.05, 4.69) is 9.80 Å². The van der Waals surface area contributed by atoms with Gasteiger partial charge in [0.1, 0.15) is 0 Å². The number of primary amides is 1. The van der Waals surface area contributed by atoms with E-state index < -0.39 is 0 Å². The monoisotopic (exact) mass is 339 g/mol.